The first-order valence-corrected chi connectivity index (χ1v) is 13.9. The van der Waals surface area contributed by atoms with E-state index in [2.05, 4.69) is 29.3 Å². The molecule has 2 unspecified atom stereocenters. The number of amides is 1. The predicted molar refractivity (Wildman–Crippen MR) is 138 cm³/mol. The van der Waals surface area contributed by atoms with E-state index in [0.717, 1.165) is 21.0 Å². The van der Waals surface area contributed by atoms with Gasteiger partial charge in [-0.25, -0.2) is 8.42 Å². The largest absolute Gasteiger partial charge is 0.373 e. The Morgan fingerprint density at radius 2 is 1.71 bits per heavy atom. The highest BCUT2D eigenvalue weighted by Crippen LogP contribution is 2.28. The smallest absolute Gasteiger partial charge is 0.279 e. The number of aromatic nitrogens is 1. The Hall–Kier alpha value is -2.85. The Kier molecular flexibility index (Phi) is 6.35. The molecule has 5 rings (SSSR count). The highest BCUT2D eigenvalue weighted by Gasteiger charge is 2.32. The van der Waals surface area contributed by atoms with E-state index in [1.165, 1.54) is 39.9 Å². The molecule has 1 aliphatic rings. The van der Waals surface area contributed by atoms with Crippen molar-refractivity contribution in [3.05, 3.63) is 71.0 Å². The predicted octanol–water partition coefficient (Wildman–Crippen LogP) is 4.41. The van der Waals surface area contributed by atoms with Crippen LogP contribution >= 0.6 is 11.3 Å². The molecule has 1 fully saturated rings. The summed E-state index contributed by atoms with van der Waals surface area (Å²) in [5, 5.41) is 2.27. The van der Waals surface area contributed by atoms with Crippen molar-refractivity contribution in [3.8, 4) is 0 Å². The fourth-order valence-corrected chi connectivity index (χ4v) is 7.40. The first-order valence-electron chi connectivity index (χ1n) is 11.6. The van der Waals surface area contributed by atoms with Gasteiger partial charge >= 0.3 is 0 Å². The number of aryl methyl sites for hydroxylation is 1. The molecule has 0 radical (unpaired) electrons. The zero-order valence-electron chi connectivity index (χ0n) is 19.8. The van der Waals surface area contributed by atoms with Crippen LogP contribution in [-0.2, 0) is 21.3 Å². The Balaban J connectivity index is 1.47. The third-order valence-electron chi connectivity index (χ3n) is 6.21. The highest BCUT2D eigenvalue weighted by molar-refractivity contribution is 7.89. The third-order valence-corrected chi connectivity index (χ3v) is 9.19. The number of benzene rings is 3. The lowest BCUT2D eigenvalue weighted by Gasteiger charge is -2.34. The summed E-state index contributed by atoms with van der Waals surface area (Å²) in [7, 11) is -3.67. The first kappa shape index (κ1) is 23.9. The molecule has 2 atom stereocenters. The fourth-order valence-electron chi connectivity index (χ4n) is 4.59. The van der Waals surface area contributed by atoms with Gasteiger partial charge in [0.25, 0.3) is 5.91 Å². The molecule has 2 heterocycles. The molecule has 4 aromatic rings. The molecule has 1 aliphatic heterocycles. The fraction of sp³-hybridized carbons (Fsp3) is 0.308. The summed E-state index contributed by atoms with van der Waals surface area (Å²) < 4.78 is 36.4. The number of sulfonamides is 1. The van der Waals surface area contributed by atoms with Crippen LogP contribution in [0.4, 0.5) is 0 Å². The van der Waals surface area contributed by atoms with E-state index in [1.807, 2.05) is 37.5 Å². The SMILES string of the molecule is CCn1c(=NC(=O)c2ccc(S(=O)(=O)N3CC(C)OC(C)C3)cc2)sc2c3ccccc3ccc21. The van der Waals surface area contributed by atoms with Crippen molar-refractivity contribution in [2.24, 2.45) is 4.99 Å². The van der Waals surface area contributed by atoms with Crippen LogP contribution in [0.1, 0.15) is 31.1 Å². The van der Waals surface area contributed by atoms with Gasteiger partial charge in [-0.2, -0.15) is 9.30 Å². The normalized spacial score (nSPS) is 20.0. The monoisotopic (exact) mass is 509 g/mol. The van der Waals surface area contributed by atoms with Gasteiger partial charge in [0.15, 0.2) is 4.80 Å². The van der Waals surface area contributed by atoms with Gasteiger partial charge < -0.3 is 9.30 Å². The van der Waals surface area contributed by atoms with Crippen LogP contribution in [0.3, 0.4) is 0 Å². The van der Waals surface area contributed by atoms with Gasteiger partial charge in [-0.3, -0.25) is 4.79 Å². The molecule has 0 aliphatic carbocycles. The standard InChI is InChI=1S/C26H27N3O4S2/c1-4-29-23-14-11-19-7-5-6-8-22(19)24(23)34-26(29)27-25(30)20-9-12-21(13-10-20)35(31,32)28-15-17(2)33-18(3)16-28/h5-14,17-18H,4,15-16H2,1-3H3. The molecule has 0 N–H and O–H groups in total. The second-order valence-electron chi connectivity index (χ2n) is 8.78. The maximum atomic E-state index is 13.1. The Bertz CT molecular complexity index is 1580. The van der Waals surface area contributed by atoms with Crippen LogP contribution < -0.4 is 4.80 Å². The number of hydrogen-bond donors (Lipinski definition) is 0. The van der Waals surface area contributed by atoms with Crippen LogP contribution in [0.25, 0.3) is 21.0 Å². The van der Waals surface area contributed by atoms with Crippen molar-refractivity contribution >= 4 is 48.3 Å². The summed E-state index contributed by atoms with van der Waals surface area (Å²) in [6, 6.07) is 18.3. The zero-order chi connectivity index (χ0) is 24.7. The van der Waals surface area contributed by atoms with Gasteiger partial charge in [-0.1, -0.05) is 41.7 Å². The maximum Gasteiger partial charge on any atom is 0.279 e. The Labute approximate surface area is 208 Å². The topological polar surface area (TPSA) is 81.0 Å². The van der Waals surface area contributed by atoms with Crippen LogP contribution in [0.15, 0.2) is 70.6 Å². The van der Waals surface area contributed by atoms with E-state index in [0.29, 0.717) is 30.0 Å². The van der Waals surface area contributed by atoms with Crippen molar-refractivity contribution in [1.29, 1.82) is 0 Å². The summed E-state index contributed by atoms with van der Waals surface area (Å²) in [5.74, 6) is -0.402. The number of rotatable bonds is 4. The molecule has 1 amide bonds. The lowest BCUT2D eigenvalue weighted by molar-refractivity contribution is -0.0440. The molecule has 1 aromatic heterocycles. The molecular weight excluding hydrogens is 482 g/mol. The van der Waals surface area contributed by atoms with Gasteiger partial charge in [0, 0.05) is 30.6 Å². The summed E-state index contributed by atoms with van der Waals surface area (Å²) in [6.45, 7) is 7.04. The minimum Gasteiger partial charge on any atom is -0.373 e. The molecule has 0 spiro atoms. The van der Waals surface area contributed by atoms with Gasteiger partial charge in [-0.05, 0) is 56.5 Å². The number of ether oxygens (including phenoxy) is 1. The minimum atomic E-state index is -3.67. The number of thiazole rings is 1. The summed E-state index contributed by atoms with van der Waals surface area (Å²) >= 11 is 1.49. The molecule has 7 nitrogen and oxygen atoms in total. The molecule has 0 bridgehead atoms. The molecule has 3 aromatic carbocycles. The van der Waals surface area contributed by atoms with E-state index in [1.54, 1.807) is 0 Å². The van der Waals surface area contributed by atoms with E-state index < -0.39 is 15.9 Å². The molecule has 0 saturated carbocycles. The first-order chi connectivity index (χ1) is 16.8. The lowest BCUT2D eigenvalue weighted by atomic mass is 10.1. The van der Waals surface area contributed by atoms with Gasteiger partial charge in [0.2, 0.25) is 10.0 Å². The molecule has 1 saturated heterocycles. The van der Waals surface area contributed by atoms with E-state index >= 15 is 0 Å². The average Bonchev–Trinajstić information content (AvgIpc) is 3.21. The van der Waals surface area contributed by atoms with Gasteiger partial charge in [0.05, 0.1) is 27.3 Å². The van der Waals surface area contributed by atoms with Crippen LogP contribution in [0.2, 0.25) is 0 Å². The molecule has 35 heavy (non-hydrogen) atoms. The second kappa shape index (κ2) is 9.31. The van der Waals surface area contributed by atoms with E-state index in [9.17, 15) is 13.2 Å². The minimum absolute atomic E-state index is 0.160. The maximum absolute atomic E-state index is 13.1. The second-order valence-corrected chi connectivity index (χ2v) is 11.7. The highest BCUT2D eigenvalue weighted by atomic mass is 32.2. The number of morpholine rings is 1. The van der Waals surface area contributed by atoms with Crippen molar-refractivity contribution in [3.63, 3.8) is 0 Å². The van der Waals surface area contributed by atoms with E-state index in [4.69, 9.17) is 4.74 Å². The lowest BCUT2D eigenvalue weighted by Crippen LogP contribution is -2.48. The van der Waals surface area contributed by atoms with Crippen molar-refractivity contribution in [1.82, 2.24) is 8.87 Å². The molecule has 9 heteroatoms. The van der Waals surface area contributed by atoms with Gasteiger partial charge in [-0.15, -0.1) is 0 Å². The Morgan fingerprint density at radius 1 is 1.03 bits per heavy atom. The Morgan fingerprint density at radius 3 is 2.40 bits per heavy atom. The number of hydrogen-bond acceptors (Lipinski definition) is 5. The van der Waals surface area contributed by atoms with Gasteiger partial charge in [0.1, 0.15) is 0 Å². The van der Waals surface area contributed by atoms with Crippen LogP contribution in [-0.4, -0.2) is 48.5 Å². The quantitative estimate of drug-likeness (QED) is 0.408. The van der Waals surface area contributed by atoms with Crippen molar-refractivity contribution in [2.45, 2.75) is 44.4 Å². The zero-order valence-corrected chi connectivity index (χ0v) is 21.5. The summed E-state index contributed by atoms with van der Waals surface area (Å²) in [6.07, 6.45) is -0.339. The van der Waals surface area contributed by atoms with E-state index in [-0.39, 0.29) is 17.1 Å². The third kappa shape index (κ3) is 4.45. The van der Waals surface area contributed by atoms with Crippen LogP contribution in [0.5, 0.6) is 0 Å². The van der Waals surface area contributed by atoms with Crippen molar-refractivity contribution < 1.29 is 17.9 Å². The number of carbonyl (C=O) groups excluding carboxylic acids is 1. The summed E-state index contributed by atoms with van der Waals surface area (Å²) in [5.41, 5.74) is 1.38. The number of carbonyl (C=O) groups is 1. The molecular formula is C26H27N3O4S2. The average molecular weight is 510 g/mol. The van der Waals surface area contributed by atoms with Crippen LogP contribution in [0, 0.1) is 0 Å². The van der Waals surface area contributed by atoms with Crippen molar-refractivity contribution in [2.75, 3.05) is 13.1 Å². The number of fused-ring (bicyclic) bond motifs is 3. The molecule has 182 valence electrons. The number of nitrogens with zero attached hydrogens (tertiary/aromatic N) is 3. The summed E-state index contributed by atoms with van der Waals surface area (Å²) in [4.78, 5) is 18.2.